The van der Waals surface area contributed by atoms with E-state index in [0.29, 0.717) is 6.04 Å². The van der Waals surface area contributed by atoms with Gasteiger partial charge in [0.1, 0.15) is 0 Å². The third-order valence-electron chi connectivity index (χ3n) is 3.68. The summed E-state index contributed by atoms with van der Waals surface area (Å²) in [5.41, 5.74) is 1.29. The molecule has 1 saturated carbocycles. The fourth-order valence-corrected chi connectivity index (χ4v) is 2.53. The van der Waals surface area contributed by atoms with E-state index in [1.54, 1.807) is 0 Å². The molecule has 2 rings (SSSR count). The Morgan fingerprint density at radius 2 is 2.22 bits per heavy atom. The van der Waals surface area contributed by atoms with Crippen LogP contribution < -0.4 is 5.32 Å². The van der Waals surface area contributed by atoms with Crippen molar-refractivity contribution in [1.82, 2.24) is 10.2 Å². The Labute approximate surface area is 115 Å². The Morgan fingerprint density at radius 1 is 1.44 bits per heavy atom. The van der Waals surface area contributed by atoms with E-state index in [1.165, 1.54) is 18.4 Å². The Bertz CT molecular complexity index is 377. The van der Waals surface area contributed by atoms with Crippen molar-refractivity contribution < 1.29 is 0 Å². The largest absolute Gasteiger partial charge is 0.309 e. The van der Waals surface area contributed by atoms with E-state index in [9.17, 15) is 0 Å². The third kappa shape index (κ3) is 3.98. The minimum atomic E-state index is 0.413. The van der Waals surface area contributed by atoms with Crippen LogP contribution in [0.5, 0.6) is 0 Å². The molecule has 3 heteroatoms. The first-order valence-electron chi connectivity index (χ1n) is 6.89. The molecule has 0 amide bonds. The summed E-state index contributed by atoms with van der Waals surface area (Å²) in [4.78, 5) is 2.46. The van der Waals surface area contributed by atoms with Crippen LogP contribution in [-0.2, 0) is 0 Å². The first-order valence-corrected chi connectivity index (χ1v) is 7.27. The van der Waals surface area contributed by atoms with Crippen LogP contribution in [0.4, 0.5) is 0 Å². The summed E-state index contributed by atoms with van der Waals surface area (Å²) in [7, 11) is 2.22. The molecule has 1 aliphatic rings. The highest BCUT2D eigenvalue weighted by Crippen LogP contribution is 2.25. The number of hydrogen-bond acceptors (Lipinski definition) is 2. The number of hydrogen-bond donors (Lipinski definition) is 1. The second-order valence-electron chi connectivity index (χ2n) is 5.18. The molecular formula is C15H23ClN2. The molecule has 0 heterocycles. The van der Waals surface area contributed by atoms with Crippen molar-refractivity contribution in [1.29, 1.82) is 0 Å². The van der Waals surface area contributed by atoms with E-state index < -0.39 is 0 Å². The maximum atomic E-state index is 6.04. The van der Waals surface area contributed by atoms with Crippen LogP contribution in [0.25, 0.3) is 0 Å². The lowest BCUT2D eigenvalue weighted by Crippen LogP contribution is -2.32. The van der Waals surface area contributed by atoms with Gasteiger partial charge in [-0.3, -0.25) is 0 Å². The third-order valence-corrected chi connectivity index (χ3v) is 3.92. The van der Waals surface area contributed by atoms with Crippen molar-refractivity contribution in [2.45, 2.75) is 38.3 Å². The minimum Gasteiger partial charge on any atom is -0.309 e. The SMILES string of the molecule is CCC(NCCN(C)C1CC1)c1cccc(Cl)c1. The molecule has 1 aromatic rings. The van der Waals surface area contributed by atoms with Crippen LogP contribution in [-0.4, -0.2) is 31.1 Å². The van der Waals surface area contributed by atoms with Crippen LogP contribution in [0.2, 0.25) is 5.02 Å². The zero-order valence-electron chi connectivity index (χ0n) is 11.3. The van der Waals surface area contributed by atoms with Crippen LogP contribution in [0.3, 0.4) is 0 Å². The van der Waals surface area contributed by atoms with E-state index in [0.717, 1.165) is 30.6 Å². The van der Waals surface area contributed by atoms with Crippen molar-refractivity contribution in [3.63, 3.8) is 0 Å². The topological polar surface area (TPSA) is 15.3 Å². The van der Waals surface area contributed by atoms with Gasteiger partial charge in [-0.25, -0.2) is 0 Å². The highest BCUT2D eigenvalue weighted by Gasteiger charge is 2.25. The zero-order valence-corrected chi connectivity index (χ0v) is 12.1. The van der Waals surface area contributed by atoms with Crippen LogP contribution in [0.15, 0.2) is 24.3 Å². The molecule has 1 atom stereocenters. The van der Waals surface area contributed by atoms with Gasteiger partial charge in [0.15, 0.2) is 0 Å². The summed E-state index contributed by atoms with van der Waals surface area (Å²) >= 11 is 6.04. The lowest BCUT2D eigenvalue weighted by atomic mass is 10.0. The highest BCUT2D eigenvalue weighted by molar-refractivity contribution is 6.30. The first-order chi connectivity index (χ1) is 8.70. The van der Waals surface area contributed by atoms with Crippen LogP contribution in [0.1, 0.15) is 37.8 Å². The molecule has 1 aliphatic carbocycles. The fourth-order valence-electron chi connectivity index (χ4n) is 2.33. The molecule has 0 radical (unpaired) electrons. The molecule has 0 aliphatic heterocycles. The predicted molar refractivity (Wildman–Crippen MR) is 78.1 cm³/mol. The van der Waals surface area contributed by atoms with E-state index in [-0.39, 0.29) is 0 Å². The van der Waals surface area contributed by atoms with E-state index >= 15 is 0 Å². The Hall–Kier alpha value is -0.570. The molecule has 1 N–H and O–H groups in total. The van der Waals surface area contributed by atoms with Gasteiger partial charge in [-0.1, -0.05) is 30.7 Å². The number of likely N-dealkylation sites (N-methyl/N-ethyl adjacent to an activating group) is 1. The monoisotopic (exact) mass is 266 g/mol. The van der Waals surface area contributed by atoms with Gasteiger partial charge in [0.25, 0.3) is 0 Å². The highest BCUT2D eigenvalue weighted by atomic mass is 35.5. The summed E-state index contributed by atoms with van der Waals surface area (Å²) in [6.45, 7) is 4.38. The summed E-state index contributed by atoms with van der Waals surface area (Å²) in [5.74, 6) is 0. The average Bonchev–Trinajstić information content (AvgIpc) is 3.18. The summed E-state index contributed by atoms with van der Waals surface area (Å²) in [5, 5.41) is 4.45. The summed E-state index contributed by atoms with van der Waals surface area (Å²) in [6, 6.07) is 9.43. The number of benzene rings is 1. The van der Waals surface area contributed by atoms with E-state index in [1.807, 2.05) is 12.1 Å². The van der Waals surface area contributed by atoms with Gasteiger partial charge in [-0.05, 0) is 44.0 Å². The number of rotatable bonds is 7. The van der Waals surface area contributed by atoms with Crippen molar-refractivity contribution in [3.05, 3.63) is 34.9 Å². The molecule has 0 bridgehead atoms. The van der Waals surface area contributed by atoms with Gasteiger partial charge in [-0.2, -0.15) is 0 Å². The van der Waals surface area contributed by atoms with E-state index in [2.05, 4.69) is 36.3 Å². The number of nitrogens with zero attached hydrogens (tertiary/aromatic N) is 1. The maximum absolute atomic E-state index is 6.04. The number of halogens is 1. The molecule has 1 fully saturated rings. The second-order valence-corrected chi connectivity index (χ2v) is 5.62. The standard InChI is InChI=1S/C15H23ClN2/c1-3-15(12-5-4-6-13(16)11-12)17-9-10-18(2)14-7-8-14/h4-6,11,14-15,17H,3,7-10H2,1-2H3. The Kier molecular flexibility index (Phi) is 5.04. The molecule has 100 valence electrons. The molecule has 0 aromatic heterocycles. The molecule has 1 aromatic carbocycles. The van der Waals surface area contributed by atoms with Gasteiger partial charge in [-0.15, -0.1) is 0 Å². The summed E-state index contributed by atoms with van der Waals surface area (Å²) in [6.07, 6.45) is 3.84. The van der Waals surface area contributed by atoms with Crippen molar-refractivity contribution >= 4 is 11.6 Å². The smallest absolute Gasteiger partial charge is 0.0409 e. The first kappa shape index (κ1) is 13.9. The lowest BCUT2D eigenvalue weighted by molar-refractivity contribution is 0.313. The molecule has 0 saturated heterocycles. The van der Waals surface area contributed by atoms with Gasteiger partial charge >= 0.3 is 0 Å². The average molecular weight is 267 g/mol. The van der Waals surface area contributed by atoms with Crippen LogP contribution >= 0.6 is 11.6 Å². The van der Waals surface area contributed by atoms with Gasteiger partial charge in [0.2, 0.25) is 0 Å². The molecular weight excluding hydrogens is 244 g/mol. The Balaban J connectivity index is 1.81. The summed E-state index contributed by atoms with van der Waals surface area (Å²) < 4.78 is 0. The molecule has 2 nitrogen and oxygen atoms in total. The van der Waals surface area contributed by atoms with Crippen molar-refractivity contribution in [3.8, 4) is 0 Å². The fraction of sp³-hybridized carbons (Fsp3) is 0.600. The number of nitrogens with one attached hydrogen (secondary N) is 1. The lowest BCUT2D eigenvalue weighted by Gasteiger charge is -2.21. The second kappa shape index (κ2) is 6.55. The minimum absolute atomic E-state index is 0.413. The molecule has 18 heavy (non-hydrogen) atoms. The Morgan fingerprint density at radius 3 is 2.83 bits per heavy atom. The van der Waals surface area contributed by atoms with Gasteiger partial charge in [0.05, 0.1) is 0 Å². The zero-order chi connectivity index (χ0) is 13.0. The van der Waals surface area contributed by atoms with Gasteiger partial charge in [0, 0.05) is 30.2 Å². The van der Waals surface area contributed by atoms with Gasteiger partial charge < -0.3 is 10.2 Å². The quantitative estimate of drug-likeness (QED) is 0.813. The van der Waals surface area contributed by atoms with Crippen molar-refractivity contribution in [2.75, 3.05) is 20.1 Å². The van der Waals surface area contributed by atoms with Crippen LogP contribution in [0, 0.1) is 0 Å². The van der Waals surface area contributed by atoms with E-state index in [4.69, 9.17) is 11.6 Å². The molecule has 0 spiro atoms. The molecule has 1 unspecified atom stereocenters. The van der Waals surface area contributed by atoms with Crippen molar-refractivity contribution in [2.24, 2.45) is 0 Å². The maximum Gasteiger partial charge on any atom is 0.0409 e. The predicted octanol–water partition coefficient (Wildman–Crippen LogP) is 3.47. The normalized spacial score (nSPS) is 17.1.